The number of nitrogens with two attached hydrogens (primary N) is 1. The summed E-state index contributed by atoms with van der Waals surface area (Å²) in [6.07, 6.45) is 0. The lowest BCUT2D eigenvalue weighted by Crippen LogP contribution is -2.54. The highest BCUT2D eigenvalue weighted by molar-refractivity contribution is 6.30. The molecular formula is C13H14N4O4. The van der Waals surface area contributed by atoms with Gasteiger partial charge in [-0.2, -0.15) is 0 Å². The van der Waals surface area contributed by atoms with Crippen molar-refractivity contribution in [3.8, 4) is 0 Å². The molecule has 110 valence electrons. The van der Waals surface area contributed by atoms with E-state index in [1.807, 2.05) is 0 Å². The fraction of sp³-hybridized carbons (Fsp3) is 0.231. The molecule has 1 saturated heterocycles. The minimum atomic E-state index is -1.75. The molecule has 2 rings (SSSR count). The number of hydrogen-bond acceptors (Lipinski definition) is 5. The number of benzene rings is 1. The molecule has 4 N–H and O–H groups in total. The van der Waals surface area contributed by atoms with Gasteiger partial charge in [-0.3, -0.25) is 9.59 Å². The van der Waals surface area contributed by atoms with Crippen LogP contribution in [0.1, 0.15) is 19.4 Å². The molecule has 1 aliphatic rings. The van der Waals surface area contributed by atoms with Gasteiger partial charge in [0.2, 0.25) is 0 Å². The first-order chi connectivity index (χ1) is 9.81. The van der Waals surface area contributed by atoms with Crippen molar-refractivity contribution in [1.29, 1.82) is 0 Å². The summed E-state index contributed by atoms with van der Waals surface area (Å²) in [6.45, 7) is 2.86. The number of rotatable bonds is 3. The summed E-state index contributed by atoms with van der Waals surface area (Å²) >= 11 is 0. The van der Waals surface area contributed by atoms with Gasteiger partial charge in [0, 0.05) is 0 Å². The maximum absolute atomic E-state index is 12.2. The quantitative estimate of drug-likeness (QED) is 0.241. The molecule has 21 heavy (non-hydrogen) atoms. The van der Waals surface area contributed by atoms with E-state index in [2.05, 4.69) is 10.5 Å². The van der Waals surface area contributed by atoms with E-state index in [0.717, 1.165) is 4.90 Å². The number of nitrogens with zero attached hydrogens (tertiary/aromatic N) is 2. The molecule has 0 aromatic heterocycles. The van der Waals surface area contributed by atoms with Gasteiger partial charge in [-0.25, -0.2) is 9.69 Å². The standard InChI is InChI=1S/C13H14N4O4/c1-7(16-21)8-3-5-9(6-4-8)17-11(19)13(2,10(14)18)15-12(17)20/h3-6,21H,1-2H3,(H2,14,18)(H,15,20). The highest BCUT2D eigenvalue weighted by atomic mass is 16.4. The normalized spacial score (nSPS) is 22.4. The summed E-state index contributed by atoms with van der Waals surface area (Å²) in [4.78, 5) is 36.3. The Labute approximate surface area is 120 Å². The number of nitrogens with one attached hydrogen (secondary N) is 1. The molecular weight excluding hydrogens is 276 g/mol. The Kier molecular flexibility index (Phi) is 3.38. The molecule has 0 saturated carbocycles. The Balaban J connectivity index is 2.37. The van der Waals surface area contributed by atoms with Gasteiger partial charge >= 0.3 is 6.03 Å². The van der Waals surface area contributed by atoms with Crippen LogP contribution in [-0.2, 0) is 9.59 Å². The number of hydrogen-bond donors (Lipinski definition) is 3. The predicted octanol–water partition coefficient (Wildman–Crippen LogP) is 0.185. The largest absolute Gasteiger partial charge is 0.411 e. The molecule has 1 aromatic rings. The number of primary amides is 1. The molecule has 0 bridgehead atoms. The van der Waals surface area contributed by atoms with E-state index in [-0.39, 0.29) is 5.69 Å². The lowest BCUT2D eigenvalue weighted by Gasteiger charge is -2.17. The Hall–Kier alpha value is -2.90. The molecule has 1 heterocycles. The van der Waals surface area contributed by atoms with Gasteiger partial charge in [0.05, 0.1) is 11.4 Å². The maximum Gasteiger partial charge on any atom is 0.330 e. The van der Waals surface area contributed by atoms with Crippen molar-refractivity contribution < 1.29 is 19.6 Å². The van der Waals surface area contributed by atoms with Gasteiger partial charge in [0.1, 0.15) is 0 Å². The summed E-state index contributed by atoms with van der Waals surface area (Å²) in [6, 6.07) is 5.47. The molecule has 8 heteroatoms. The number of oxime groups is 1. The topological polar surface area (TPSA) is 125 Å². The maximum atomic E-state index is 12.2. The Morgan fingerprint density at radius 2 is 1.90 bits per heavy atom. The summed E-state index contributed by atoms with van der Waals surface area (Å²) in [5.74, 6) is -1.66. The molecule has 1 aliphatic heterocycles. The number of anilines is 1. The van der Waals surface area contributed by atoms with Crippen LogP contribution in [-0.4, -0.2) is 34.3 Å². The first kappa shape index (κ1) is 14.5. The summed E-state index contributed by atoms with van der Waals surface area (Å²) < 4.78 is 0. The van der Waals surface area contributed by atoms with Crippen molar-refractivity contribution in [3.63, 3.8) is 0 Å². The predicted molar refractivity (Wildman–Crippen MR) is 74.1 cm³/mol. The van der Waals surface area contributed by atoms with Gasteiger partial charge in [0.25, 0.3) is 11.8 Å². The fourth-order valence-electron chi connectivity index (χ4n) is 1.95. The Bertz CT molecular complexity index is 653. The number of amides is 4. The van der Waals surface area contributed by atoms with Crippen LogP contribution in [0.4, 0.5) is 10.5 Å². The molecule has 0 spiro atoms. The van der Waals surface area contributed by atoms with E-state index in [1.54, 1.807) is 19.1 Å². The molecule has 1 atom stereocenters. The van der Waals surface area contributed by atoms with Crippen LogP contribution >= 0.6 is 0 Å². The second-order valence-corrected chi connectivity index (χ2v) is 4.79. The second-order valence-electron chi connectivity index (χ2n) is 4.79. The Morgan fingerprint density at radius 1 is 1.33 bits per heavy atom. The van der Waals surface area contributed by atoms with Crippen LogP contribution in [0.3, 0.4) is 0 Å². The SMILES string of the molecule is CC(=NO)c1ccc(N2C(=O)NC(C)(C(N)=O)C2=O)cc1. The van der Waals surface area contributed by atoms with E-state index in [9.17, 15) is 14.4 Å². The van der Waals surface area contributed by atoms with Crippen molar-refractivity contribution in [2.75, 3.05) is 4.90 Å². The highest BCUT2D eigenvalue weighted by Crippen LogP contribution is 2.25. The first-order valence-electron chi connectivity index (χ1n) is 6.07. The zero-order chi connectivity index (χ0) is 15.8. The van der Waals surface area contributed by atoms with Crippen LogP contribution in [0, 0.1) is 0 Å². The third-order valence-corrected chi connectivity index (χ3v) is 3.38. The molecule has 0 radical (unpaired) electrons. The van der Waals surface area contributed by atoms with Crippen molar-refractivity contribution in [3.05, 3.63) is 29.8 Å². The molecule has 8 nitrogen and oxygen atoms in total. The van der Waals surface area contributed by atoms with Gasteiger partial charge in [-0.15, -0.1) is 0 Å². The van der Waals surface area contributed by atoms with Gasteiger partial charge < -0.3 is 16.3 Å². The van der Waals surface area contributed by atoms with E-state index < -0.39 is 23.4 Å². The monoisotopic (exact) mass is 290 g/mol. The van der Waals surface area contributed by atoms with E-state index >= 15 is 0 Å². The lowest BCUT2D eigenvalue weighted by atomic mass is 10.0. The van der Waals surface area contributed by atoms with Crippen LogP contribution in [0.25, 0.3) is 0 Å². The summed E-state index contributed by atoms with van der Waals surface area (Å²) in [5.41, 5.74) is 4.72. The summed E-state index contributed by atoms with van der Waals surface area (Å²) in [5, 5.41) is 14.0. The van der Waals surface area contributed by atoms with Crippen molar-refractivity contribution in [2.24, 2.45) is 10.9 Å². The van der Waals surface area contributed by atoms with E-state index in [4.69, 9.17) is 10.9 Å². The van der Waals surface area contributed by atoms with Gasteiger partial charge in [-0.05, 0) is 31.5 Å². The van der Waals surface area contributed by atoms with Gasteiger partial charge in [0.15, 0.2) is 5.54 Å². The molecule has 1 unspecified atom stereocenters. The average Bonchev–Trinajstić information content (AvgIpc) is 2.69. The number of urea groups is 1. The van der Waals surface area contributed by atoms with Crippen LogP contribution in [0.5, 0.6) is 0 Å². The zero-order valence-corrected chi connectivity index (χ0v) is 11.5. The lowest BCUT2D eigenvalue weighted by molar-refractivity contribution is -0.132. The van der Waals surface area contributed by atoms with E-state index in [1.165, 1.54) is 19.1 Å². The Morgan fingerprint density at radius 3 is 2.33 bits per heavy atom. The molecule has 1 aromatic carbocycles. The third kappa shape index (κ3) is 2.20. The van der Waals surface area contributed by atoms with Crippen LogP contribution in [0.15, 0.2) is 29.4 Å². The van der Waals surface area contributed by atoms with E-state index in [0.29, 0.717) is 11.3 Å². The number of carbonyl (C=O) groups excluding carboxylic acids is 3. The highest BCUT2D eigenvalue weighted by Gasteiger charge is 2.52. The van der Waals surface area contributed by atoms with Crippen molar-refractivity contribution in [2.45, 2.75) is 19.4 Å². The molecule has 0 aliphatic carbocycles. The van der Waals surface area contributed by atoms with Crippen LogP contribution < -0.4 is 16.0 Å². The number of carbonyl (C=O) groups is 3. The smallest absolute Gasteiger partial charge is 0.330 e. The molecule has 4 amide bonds. The minimum Gasteiger partial charge on any atom is -0.411 e. The average molecular weight is 290 g/mol. The fourth-order valence-corrected chi connectivity index (χ4v) is 1.95. The second kappa shape index (κ2) is 4.89. The first-order valence-corrected chi connectivity index (χ1v) is 6.07. The molecule has 1 fully saturated rings. The number of imide groups is 1. The third-order valence-electron chi connectivity index (χ3n) is 3.38. The van der Waals surface area contributed by atoms with Crippen molar-refractivity contribution in [1.82, 2.24) is 5.32 Å². The van der Waals surface area contributed by atoms with Crippen molar-refractivity contribution >= 4 is 29.2 Å². The van der Waals surface area contributed by atoms with Gasteiger partial charge in [-0.1, -0.05) is 17.3 Å². The minimum absolute atomic E-state index is 0.289. The summed E-state index contributed by atoms with van der Waals surface area (Å²) in [7, 11) is 0. The zero-order valence-electron chi connectivity index (χ0n) is 11.5. The van der Waals surface area contributed by atoms with Crippen LogP contribution in [0.2, 0.25) is 0 Å².